The largest absolute Gasteiger partial charge is 0.486 e. The van der Waals surface area contributed by atoms with Gasteiger partial charge in [0.05, 0.1) is 0 Å². The Morgan fingerprint density at radius 3 is 2.50 bits per heavy atom. The molecule has 1 aliphatic heterocycles. The third kappa shape index (κ3) is 1.25. The molecule has 0 unspecified atom stereocenters. The molecule has 0 atom stereocenters. The molecule has 0 aromatic heterocycles. The van der Waals surface area contributed by atoms with E-state index in [1.54, 1.807) is 0 Å². The van der Waals surface area contributed by atoms with E-state index in [4.69, 9.17) is 9.47 Å². The molecule has 2 rings (SSSR count). The van der Waals surface area contributed by atoms with Gasteiger partial charge in [0.2, 0.25) is 0 Å². The molecule has 1 aliphatic rings. The fraction of sp³-hybridized carbons (Fsp3) is 0.364. The number of ether oxygens (including phenoxy) is 2. The van der Waals surface area contributed by atoms with E-state index in [1.165, 1.54) is 0 Å². The van der Waals surface area contributed by atoms with E-state index in [0.717, 1.165) is 28.9 Å². The highest BCUT2D eigenvalue weighted by Gasteiger charge is 2.18. The van der Waals surface area contributed by atoms with Crippen LogP contribution in [0, 0.1) is 13.8 Å². The summed E-state index contributed by atoms with van der Waals surface area (Å²) in [4.78, 5) is 10.8. The Morgan fingerprint density at radius 2 is 1.86 bits per heavy atom. The summed E-state index contributed by atoms with van der Waals surface area (Å²) in [7, 11) is 0. The van der Waals surface area contributed by atoms with Crippen molar-refractivity contribution >= 4 is 6.29 Å². The Balaban J connectivity index is 2.64. The molecule has 0 bridgehead atoms. The zero-order valence-electron chi connectivity index (χ0n) is 8.29. The summed E-state index contributed by atoms with van der Waals surface area (Å²) in [5, 5.41) is 0. The number of aryl methyl sites for hydroxylation is 1. The van der Waals surface area contributed by atoms with Gasteiger partial charge in [-0.2, -0.15) is 0 Å². The first-order valence-electron chi connectivity index (χ1n) is 4.59. The number of hydrogen-bond acceptors (Lipinski definition) is 3. The number of fused-ring (bicyclic) bond motifs is 1. The molecule has 3 heteroatoms. The average Bonchev–Trinajstić information content (AvgIpc) is 2.23. The first kappa shape index (κ1) is 9.06. The van der Waals surface area contributed by atoms with Gasteiger partial charge in [-0.3, -0.25) is 4.79 Å². The second-order valence-corrected chi connectivity index (χ2v) is 3.38. The van der Waals surface area contributed by atoms with Gasteiger partial charge in [0.15, 0.2) is 11.5 Å². The molecular weight excluding hydrogens is 180 g/mol. The molecule has 0 fully saturated rings. The molecule has 0 spiro atoms. The van der Waals surface area contributed by atoms with Gasteiger partial charge in [0.25, 0.3) is 0 Å². The maximum absolute atomic E-state index is 10.8. The third-order valence-electron chi connectivity index (χ3n) is 2.41. The lowest BCUT2D eigenvalue weighted by Gasteiger charge is -2.22. The molecule has 14 heavy (non-hydrogen) atoms. The lowest BCUT2D eigenvalue weighted by molar-refractivity contribution is 0.112. The van der Waals surface area contributed by atoms with Crippen LogP contribution in [0.2, 0.25) is 0 Å². The number of carbonyl (C=O) groups excluding carboxylic acids is 1. The summed E-state index contributed by atoms with van der Waals surface area (Å²) in [6.45, 7) is 4.92. The second kappa shape index (κ2) is 3.33. The maximum Gasteiger partial charge on any atom is 0.165 e. The number of carbonyl (C=O) groups is 1. The minimum absolute atomic E-state index is 0.551. The maximum atomic E-state index is 10.8. The van der Waals surface area contributed by atoms with Crippen molar-refractivity contribution in [2.75, 3.05) is 13.2 Å². The van der Waals surface area contributed by atoms with Crippen molar-refractivity contribution in [1.29, 1.82) is 0 Å². The SMILES string of the molecule is Cc1cc(C=O)c(C)c2c1OCCO2. The standard InChI is InChI=1S/C11H12O3/c1-7-5-9(6-12)8(2)11-10(7)13-3-4-14-11/h5-6H,3-4H2,1-2H3. The lowest BCUT2D eigenvalue weighted by Crippen LogP contribution is -2.17. The third-order valence-corrected chi connectivity index (χ3v) is 2.41. The minimum Gasteiger partial charge on any atom is -0.486 e. The van der Waals surface area contributed by atoms with Crippen molar-refractivity contribution in [2.45, 2.75) is 13.8 Å². The summed E-state index contributed by atoms with van der Waals surface area (Å²) < 4.78 is 11.0. The van der Waals surface area contributed by atoms with Crippen molar-refractivity contribution < 1.29 is 14.3 Å². The van der Waals surface area contributed by atoms with Crippen LogP contribution >= 0.6 is 0 Å². The molecule has 0 radical (unpaired) electrons. The van der Waals surface area contributed by atoms with Crippen LogP contribution in [0.15, 0.2) is 6.07 Å². The van der Waals surface area contributed by atoms with Gasteiger partial charge < -0.3 is 9.47 Å². The first-order chi connectivity index (χ1) is 6.74. The van der Waals surface area contributed by atoms with Gasteiger partial charge in [-0.25, -0.2) is 0 Å². The molecule has 0 saturated heterocycles. The summed E-state index contributed by atoms with van der Waals surface area (Å²) in [5.41, 5.74) is 2.49. The zero-order valence-corrected chi connectivity index (χ0v) is 8.29. The van der Waals surface area contributed by atoms with Crippen LogP contribution in [0.1, 0.15) is 21.5 Å². The van der Waals surface area contributed by atoms with E-state index >= 15 is 0 Å². The van der Waals surface area contributed by atoms with E-state index < -0.39 is 0 Å². The summed E-state index contributed by atoms with van der Waals surface area (Å²) in [6, 6.07) is 1.83. The molecule has 0 aliphatic carbocycles. The normalized spacial score (nSPS) is 13.9. The Labute approximate surface area is 82.6 Å². The topological polar surface area (TPSA) is 35.5 Å². The van der Waals surface area contributed by atoms with Gasteiger partial charge in [-0.05, 0) is 25.5 Å². The second-order valence-electron chi connectivity index (χ2n) is 3.38. The minimum atomic E-state index is 0.551. The zero-order chi connectivity index (χ0) is 10.1. The summed E-state index contributed by atoms with van der Waals surface area (Å²) >= 11 is 0. The number of hydrogen-bond donors (Lipinski definition) is 0. The lowest BCUT2D eigenvalue weighted by atomic mass is 10.0. The van der Waals surface area contributed by atoms with Gasteiger partial charge in [0, 0.05) is 11.1 Å². The van der Waals surface area contributed by atoms with E-state index in [2.05, 4.69) is 0 Å². The highest BCUT2D eigenvalue weighted by Crippen LogP contribution is 2.37. The van der Waals surface area contributed by atoms with Crippen molar-refractivity contribution in [2.24, 2.45) is 0 Å². The number of aldehydes is 1. The van der Waals surface area contributed by atoms with E-state index in [0.29, 0.717) is 18.8 Å². The molecular formula is C11H12O3. The van der Waals surface area contributed by atoms with Gasteiger partial charge in [-0.15, -0.1) is 0 Å². The first-order valence-corrected chi connectivity index (χ1v) is 4.59. The monoisotopic (exact) mass is 192 g/mol. The van der Waals surface area contributed by atoms with Crippen LogP contribution in [-0.2, 0) is 0 Å². The molecule has 74 valence electrons. The average molecular weight is 192 g/mol. The fourth-order valence-corrected chi connectivity index (χ4v) is 1.65. The van der Waals surface area contributed by atoms with Gasteiger partial charge in [-0.1, -0.05) is 0 Å². The Morgan fingerprint density at radius 1 is 1.21 bits per heavy atom. The highest BCUT2D eigenvalue weighted by atomic mass is 16.6. The predicted octanol–water partition coefficient (Wildman–Crippen LogP) is 1.89. The summed E-state index contributed by atoms with van der Waals surface area (Å²) in [5.74, 6) is 1.50. The van der Waals surface area contributed by atoms with Crippen LogP contribution in [0.4, 0.5) is 0 Å². The predicted molar refractivity (Wildman–Crippen MR) is 52.3 cm³/mol. The molecule has 0 saturated carbocycles. The molecule has 0 amide bonds. The molecule has 1 aromatic carbocycles. The summed E-state index contributed by atoms with van der Waals surface area (Å²) in [6.07, 6.45) is 0.848. The molecule has 1 aromatic rings. The van der Waals surface area contributed by atoms with Crippen LogP contribution in [0.3, 0.4) is 0 Å². The van der Waals surface area contributed by atoms with Crippen LogP contribution in [0.25, 0.3) is 0 Å². The van der Waals surface area contributed by atoms with E-state index in [1.807, 2.05) is 19.9 Å². The van der Waals surface area contributed by atoms with Gasteiger partial charge in [0.1, 0.15) is 19.5 Å². The van der Waals surface area contributed by atoms with Crippen molar-refractivity contribution in [1.82, 2.24) is 0 Å². The molecule has 3 nitrogen and oxygen atoms in total. The number of benzene rings is 1. The van der Waals surface area contributed by atoms with E-state index in [-0.39, 0.29) is 0 Å². The van der Waals surface area contributed by atoms with Crippen molar-refractivity contribution in [3.63, 3.8) is 0 Å². The van der Waals surface area contributed by atoms with Crippen LogP contribution < -0.4 is 9.47 Å². The number of rotatable bonds is 1. The fourth-order valence-electron chi connectivity index (χ4n) is 1.65. The van der Waals surface area contributed by atoms with E-state index in [9.17, 15) is 4.79 Å². The Hall–Kier alpha value is -1.51. The highest BCUT2D eigenvalue weighted by molar-refractivity contribution is 5.80. The Bertz CT molecular complexity index is 383. The quantitative estimate of drug-likeness (QED) is 0.637. The Kier molecular flexibility index (Phi) is 2.15. The molecule has 0 N–H and O–H groups in total. The molecule has 1 heterocycles. The van der Waals surface area contributed by atoms with Crippen LogP contribution in [0.5, 0.6) is 11.5 Å². The smallest absolute Gasteiger partial charge is 0.165 e. The van der Waals surface area contributed by atoms with Crippen molar-refractivity contribution in [3.8, 4) is 11.5 Å². The van der Waals surface area contributed by atoms with Crippen molar-refractivity contribution in [3.05, 3.63) is 22.8 Å². The van der Waals surface area contributed by atoms with Gasteiger partial charge >= 0.3 is 0 Å². The van der Waals surface area contributed by atoms with Crippen LogP contribution in [-0.4, -0.2) is 19.5 Å².